The molecular weight excluding hydrogens is 248 g/mol. The molecule has 0 amide bonds. The van der Waals surface area contributed by atoms with E-state index in [0.29, 0.717) is 18.8 Å². The molecule has 0 aromatic heterocycles. The van der Waals surface area contributed by atoms with Gasteiger partial charge in [0.2, 0.25) is 0 Å². The summed E-state index contributed by atoms with van der Waals surface area (Å²) in [6.45, 7) is 9.87. The van der Waals surface area contributed by atoms with Crippen molar-refractivity contribution < 1.29 is 9.53 Å². The summed E-state index contributed by atoms with van der Waals surface area (Å²) in [7, 11) is 0. The highest BCUT2D eigenvalue weighted by molar-refractivity contribution is 6.23. The van der Waals surface area contributed by atoms with Crippen LogP contribution in [0.25, 0.3) is 0 Å². The van der Waals surface area contributed by atoms with Gasteiger partial charge in [-0.3, -0.25) is 4.79 Å². The van der Waals surface area contributed by atoms with E-state index in [1.165, 1.54) is 6.42 Å². The summed E-state index contributed by atoms with van der Waals surface area (Å²) in [6.07, 6.45) is 5.49. The van der Waals surface area contributed by atoms with Gasteiger partial charge in [-0.1, -0.05) is 18.6 Å². The summed E-state index contributed by atoms with van der Waals surface area (Å²) in [5, 5.41) is 0. The summed E-state index contributed by atoms with van der Waals surface area (Å²) >= 11 is 6.08. The summed E-state index contributed by atoms with van der Waals surface area (Å²) < 4.78 is 5.60. The van der Waals surface area contributed by atoms with E-state index in [2.05, 4.69) is 6.58 Å². The molecule has 18 heavy (non-hydrogen) atoms. The quantitative estimate of drug-likeness (QED) is 0.420. The smallest absolute Gasteiger partial charge is 0.306 e. The third-order valence-electron chi connectivity index (χ3n) is 3.54. The third kappa shape index (κ3) is 5.43. The van der Waals surface area contributed by atoms with Crippen LogP contribution in [0.2, 0.25) is 0 Å². The molecule has 0 spiro atoms. The highest BCUT2D eigenvalue weighted by Crippen LogP contribution is 2.32. The molecule has 1 saturated carbocycles. The molecule has 0 N–H and O–H groups in total. The molecule has 0 saturated heterocycles. The summed E-state index contributed by atoms with van der Waals surface area (Å²) in [5.41, 5.74) is 1.13. The molecule has 0 aliphatic heterocycles. The standard InChI is InChI=1S/C15H25ClO2/c1-11(2)12-7-5-6-8-13(12)18-14(17)9-10-15(3,4)16/h12-13H,1,5-10H2,2-4H3/t12-,13?/m0/s1. The minimum atomic E-state index is -0.334. The zero-order valence-electron chi connectivity index (χ0n) is 11.8. The van der Waals surface area contributed by atoms with E-state index in [1.54, 1.807) is 0 Å². The number of esters is 1. The second-order valence-corrected chi connectivity index (χ2v) is 7.01. The Labute approximate surface area is 116 Å². The first-order chi connectivity index (χ1) is 8.29. The van der Waals surface area contributed by atoms with Gasteiger partial charge in [-0.2, -0.15) is 0 Å². The van der Waals surface area contributed by atoms with Crippen molar-refractivity contribution in [3.63, 3.8) is 0 Å². The van der Waals surface area contributed by atoms with Crippen LogP contribution in [0.15, 0.2) is 12.2 Å². The number of carbonyl (C=O) groups is 1. The Morgan fingerprint density at radius 3 is 2.56 bits per heavy atom. The number of rotatable bonds is 5. The molecule has 1 aliphatic carbocycles. The fourth-order valence-corrected chi connectivity index (χ4v) is 2.52. The molecule has 0 bridgehead atoms. The third-order valence-corrected chi connectivity index (χ3v) is 3.73. The van der Waals surface area contributed by atoms with Gasteiger partial charge in [0.25, 0.3) is 0 Å². The van der Waals surface area contributed by atoms with Crippen molar-refractivity contribution in [2.75, 3.05) is 0 Å². The van der Waals surface area contributed by atoms with Crippen LogP contribution in [0, 0.1) is 5.92 Å². The molecule has 1 rings (SSSR count). The first-order valence-corrected chi connectivity index (χ1v) is 7.21. The predicted octanol–water partition coefficient (Wildman–Crippen LogP) is 4.46. The van der Waals surface area contributed by atoms with Crippen LogP contribution in [0.3, 0.4) is 0 Å². The van der Waals surface area contributed by atoms with Crippen LogP contribution in [-0.2, 0) is 9.53 Å². The lowest BCUT2D eigenvalue weighted by Crippen LogP contribution is -2.31. The van der Waals surface area contributed by atoms with Gasteiger partial charge in [-0.25, -0.2) is 0 Å². The van der Waals surface area contributed by atoms with Crippen LogP contribution in [0.4, 0.5) is 0 Å². The number of ether oxygens (including phenoxy) is 1. The van der Waals surface area contributed by atoms with Gasteiger partial charge in [0.1, 0.15) is 6.10 Å². The Morgan fingerprint density at radius 1 is 1.39 bits per heavy atom. The topological polar surface area (TPSA) is 26.3 Å². The van der Waals surface area contributed by atoms with E-state index < -0.39 is 0 Å². The second kappa shape index (κ2) is 6.60. The monoisotopic (exact) mass is 272 g/mol. The maximum absolute atomic E-state index is 11.8. The molecule has 1 unspecified atom stereocenters. The fraction of sp³-hybridized carbons (Fsp3) is 0.800. The van der Waals surface area contributed by atoms with Gasteiger partial charge in [-0.05, 0) is 46.5 Å². The molecule has 1 aliphatic rings. The highest BCUT2D eigenvalue weighted by Gasteiger charge is 2.29. The van der Waals surface area contributed by atoms with Crippen LogP contribution >= 0.6 is 11.6 Å². The fourth-order valence-electron chi connectivity index (χ4n) is 2.43. The number of hydrogen-bond acceptors (Lipinski definition) is 2. The van der Waals surface area contributed by atoms with Crippen molar-refractivity contribution in [3.8, 4) is 0 Å². The van der Waals surface area contributed by atoms with E-state index in [0.717, 1.165) is 24.8 Å². The van der Waals surface area contributed by atoms with Crippen LogP contribution in [-0.4, -0.2) is 16.9 Å². The lowest BCUT2D eigenvalue weighted by molar-refractivity contribution is -0.152. The minimum Gasteiger partial charge on any atom is -0.462 e. The Bertz CT molecular complexity index is 304. The van der Waals surface area contributed by atoms with Gasteiger partial charge < -0.3 is 4.74 Å². The number of alkyl halides is 1. The number of hydrogen-bond donors (Lipinski definition) is 0. The molecule has 0 aromatic carbocycles. The van der Waals surface area contributed by atoms with Gasteiger partial charge >= 0.3 is 5.97 Å². The Hall–Kier alpha value is -0.500. The van der Waals surface area contributed by atoms with E-state index in [9.17, 15) is 4.79 Å². The lowest BCUT2D eigenvalue weighted by Gasteiger charge is -2.31. The molecule has 3 heteroatoms. The van der Waals surface area contributed by atoms with Gasteiger partial charge in [0.05, 0.1) is 0 Å². The Morgan fingerprint density at radius 2 is 2.00 bits per heavy atom. The average molecular weight is 273 g/mol. The summed E-state index contributed by atoms with van der Waals surface area (Å²) in [5.74, 6) is 0.216. The molecule has 2 atom stereocenters. The van der Waals surface area contributed by atoms with Gasteiger partial charge in [-0.15, -0.1) is 11.6 Å². The maximum Gasteiger partial charge on any atom is 0.306 e. The second-order valence-electron chi connectivity index (χ2n) is 5.98. The molecule has 1 fully saturated rings. The molecular formula is C15H25ClO2. The first-order valence-electron chi connectivity index (χ1n) is 6.83. The van der Waals surface area contributed by atoms with Crippen molar-refractivity contribution in [1.82, 2.24) is 0 Å². The van der Waals surface area contributed by atoms with Crippen molar-refractivity contribution >= 4 is 17.6 Å². The zero-order valence-corrected chi connectivity index (χ0v) is 12.6. The Kier molecular flexibility index (Phi) is 5.71. The molecule has 0 heterocycles. The van der Waals surface area contributed by atoms with Crippen LogP contribution < -0.4 is 0 Å². The van der Waals surface area contributed by atoms with Crippen molar-refractivity contribution in [2.24, 2.45) is 5.92 Å². The average Bonchev–Trinajstić information content (AvgIpc) is 2.26. The molecule has 104 valence electrons. The Balaban J connectivity index is 2.44. The van der Waals surface area contributed by atoms with Crippen molar-refractivity contribution in [3.05, 3.63) is 12.2 Å². The predicted molar refractivity (Wildman–Crippen MR) is 75.8 cm³/mol. The van der Waals surface area contributed by atoms with Crippen LogP contribution in [0.1, 0.15) is 59.3 Å². The summed E-state index contributed by atoms with van der Waals surface area (Å²) in [6, 6.07) is 0. The largest absolute Gasteiger partial charge is 0.462 e. The van der Waals surface area contributed by atoms with E-state index in [-0.39, 0.29) is 16.9 Å². The normalized spacial score (nSPS) is 24.7. The van der Waals surface area contributed by atoms with Crippen molar-refractivity contribution in [1.29, 1.82) is 0 Å². The van der Waals surface area contributed by atoms with Crippen molar-refractivity contribution in [2.45, 2.75) is 70.3 Å². The first kappa shape index (κ1) is 15.6. The van der Waals surface area contributed by atoms with E-state index in [1.807, 2.05) is 20.8 Å². The zero-order chi connectivity index (χ0) is 13.8. The molecule has 0 radical (unpaired) electrons. The van der Waals surface area contributed by atoms with E-state index in [4.69, 9.17) is 16.3 Å². The lowest BCUT2D eigenvalue weighted by atomic mass is 9.82. The molecule has 2 nitrogen and oxygen atoms in total. The summed E-state index contributed by atoms with van der Waals surface area (Å²) in [4.78, 5) is 11.5. The number of carbonyl (C=O) groups excluding carboxylic acids is 1. The van der Waals surface area contributed by atoms with Gasteiger partial charge in [0, 0.05) is 17.2 Å². The van der Waals surface area contributed by atoms with Crippen LogP contribution in [0.5, 0.6) is 0 Å². The highest BCUT2D eigenvalue weighted by atomic mass is 35.5. The minimum absolute atomic E-state index is 0.0298. The van der Waals surface area contributed by atoms with Gasteiger partial charge in [0.15, 0.2) is 0 Å². The molecule has 0 aromatic rings. The number of halogens is 1. The SMILES string of the molecule is C=C(C)[C@@H]1CCCCC1OC(=O)CCC(C)(C)Cl. The maximum atomic E-state index is 11.8. The van der Waals surface area contributed by atoms with E-state index >= 15 is 0 Å².